The van der Waals surface area contributed by atoms with Gasteiger partial charge in [0, 0.05) is 23.6 Å². The minimum absolute atomic E-state index is 0.00778. The van der Waals surface area contributed by atoms with Crippen LogP contribution in [0.25, 0.3) is 0 Å². The Hall–Kier alpha value is -2.45. The first kappa shape index (κ1) is 32.1. The number of fused-ring (bicyclic) bond motifs is 1. The number of methoxy groups -OCH3 is 1. The van der Waals surface area contributed by atoms with Crippen molar-refractivity contribution in [2.24, 2.45) is 0 Å². The molecule has 0 fully saturated rings. The van der Waals surface area contributed by atoms with Crippen LogP contribution in [0.3, 0.4) is 0 Å². The number of hydrogen-bond donors (Lipinski definition) is 3. The van der Waals surface area contributed by atoms with Crippen LogP contribution in [0.5, 0.6) is 17.2 Å². The van der Waals surface area contributed by atoms with E-state index in [1.165, 1.54) is 25.3 Å². The Morgan fingerprint density at radius 1 is 1.23 bits per heavy atom. The molecule has 1 aliphatic heterocycles. The summed E-state index contributed by atoms with van der Waals surface area (Å²) in [5.74, 6) is -0.317. The quantitative estimate of drug-likeness (QED) is 0.256. The van der Waals surface area contributed by atoms with Crippen molar-refractivity contribution in [1.29, 1.82) is 0 Å². The number of alkyl halides is 3. The van der Waals surface area contributed by atoms with Crippen molar-refractivity contribution < 1.29 is 46.6 Å². The van der Waals surface area contributed by atoms with Crippen LogP contribution in [0, 0.1) is 0 Å². The van der Waals surface area contributed by atoms with Crippen molar-refractivity contribution in [2.75, 3.05) is 26.9 Å². The van der Waals surface area contributed by atoms with Crippen molar-refractivity contribution in [3.8, 4) is 17.2 Å². The zero-order valence-electron chi connectivity index (χ0n) is 22.6. The number of rotatable bonds is 11. The lowest BCUT2D eigenvalue weighted by Crippen LogP contribution is -2.47. The molecule has 222 valence electrons. The molecule has 1 aromatic carbocycles. The molecule has 0 bridgehead atoms. The maximum atomic E-state index is 14.4. The molecular weight excluding hydrogens is 577 g/mol. The van der Waals surface area contributed by atoms with Gasteiger partial charge >= 0.3 is 6.18 Å². The summed E-state index contributed by atoms with van der Waals surface area (Å²) in [6.45, 7) is 6.33. The van der Waals surface area contributed by atoms with Gasteiger partial charge in [-0.25, -0.2) is 13.9 Å². The molecule has 0 spiro atoms. The largest absolute Gasteiger partial charge is 0.497 e. The van der Waals surface area contributed by atoms with E-state index in [0.717, 1.165) is 6.07 Å². The first-order valence-corrected chi connectivity index (χ1v) is 13.8. The fourth-order valence-corrected chi connectivity index (χ4v) is 5.08. The normalized spacial score (nSPS) is 19.4. The Balaban J connectivity index is 1.96. The maximum absolute atomic E-state index is 14.4. The minimum atomic E-state index is -5.24. The summed E-state index contributed by atoms with van der Waals surface area (Å²) in [4.78, 5) is 16.8. The number of aliphatic hydroxyl groups excluding tert-OH is 1. The molecule has 1 aliphatic rings. The smallest absolute Gasteiger partial charge is 0.422 e. The summed E-state index contributed by atoms with van der Waals surface area (Å²) >= 11 is 6.20. The third-order valence-electron chi connectivity index (χ3n) is 6.31. The second-order valence-electron chi connectivity index (χ2n) is 10.5. The molecule has 0 saturated carbocycles. The number of aliphatic hydroxyl groups is 2. The number of hydrogen-bond acceptors (Lipinski definition) is 8. The zero-order chi connectivity index (χ0) is 30.1. The predicted octanol–water partition coefficient (Wildman–Crippen LogP) is 4.19. The van der Waals surface area contributed by atoms with Crippen molar-refractivity contribution >= 4 is 28.4 Å². The van der Waals surface area contributed by atoms with Crippen molar-refractivity contribution in [3.63, 3.8) is 0 Å². The lowest BCUT2D eigenvalue weighted by molar-refractivity contribution is -0.270. The summed E-state index contributed by atoms with van der Waals surface area (Å²) in [6.07, 6.45) is -7.03. The second kappa shape index (κ2) is 11.8. The Bertz CT molecular complexity index is 1290. The molecule has 0 radical (unpaired) electrons. The molecule has 3 N–H and O–H groups in total. The number of ketones is 1. The number of halogens is 4. The number of nitrogens with zero attached hydrogens (tertiary/aromatic N) is 1. The molecule has 2 aromatic rings. The van der Waals surface area contributed by atoms with E-state index in [2.05, 4.69) is 9.71 Å². The lowest BCUT2D eigenvalue weighted by atomic mass is 9.87. The van der Waals surface area contributed by atoms with E-state index in [1.54, 1.807) is 27.7 Å². The lowest BCUT2D eigenvalue weighted by Gasteiger charge is -2.32. The molecule has 14 heteroatoms. The summed E-state index contributed by atoms with van der Waals surface area (Å²) in [5, 5.41) is 19.6. The van der Waals surface area contributed by atoms with E-state index in [-0.39, 0.29) is 48.2 Å². The third-order valence-corrected chi connectivity index (χ3v) is 8.31. The highest BCUT2D eigenvalue weighted by molar-refractivity contribution is 7.84. The third kappa shape index (κ3) is 6.71. The highest BCUT2D eigenvalue weighted by atomic mass is 35.5. The van der Waals surface area contributed by atoms with Gasteiger partial charge in [0.2, 0.25) is 5.60 Å². The zero-order valence-corrected chi connectivity index (χ0v) is 24.2. The number of carbonyl (C=O) groups excluding carboxylic acids is 1. The summed E-state index contributed by atoms with van der Waals surface area (Å²) in [5.41, 5.74) is -5.44. The first-order valence-electron chi connectivity index (χ1n) is 12.2. The summed E-state index contributed by atoms with van der Waals surface area (Å²) in [6, 6.07) is 5.11. The highest BCUT2D eigenvalue weighted by Gasteiger charge is 2.57. The fourth-order valence-electron chi connectivity index (χ4n) is 3.95. The average Bonchev–Trinajstić information content (AvgIpc) is 3.20. The Labute approximate surface area is 237 Å². The molecule has 3 atom stereocenters. The van der Waals surface area contributed by atoms with Crippen LogP contribution in [-0.2, 0) is 22.1 Å². The molecule has 0 amide bonds. The number of aromatic nitrogens is 1. The number of benzene rings is 1. The van der Waals surface area contributed by atoms with E-state index >= 15 is 0 Å². The van der Waals surface area contributed by atoms with E-state index < -0.39 is 62.5 Å². The summed E-state index contributed by atoms with van der Waals surface area (Å²) in [7, 11) is -0.279. The highest BCUT2D eigenvalue weighted by Crippen LogP contribution is 2.47. The van der Waals surface area contributed by atoms with Crippen LogP contribution >= 0.6 is 11.6 Å². The fraction of sp³-hybridized carbons (Fsp3) is 0.538. The van der Waals surface area contributed by atoms with Gasteiger partial charge in [-0.1, -0.05) is 11.6 Å². The van der Waals surface area contributed by atoms with E-state index in [4.69, 9.17) is 30.9 Å². The second-order valence-corrected chi connectivity index (χ2v) is 12.9. The molecule has 1 unspecified atom stereocenters. The SMILES string of the molecule is COc1cc(OCCO)cc(C(=O)CC[C@@](O)(c2cc3c(c(Cl)n2)OC[C@@]3(C)NS(=O)C(C)(C)C)C(F)(F)F)c1. The van der Waals surface area contributed by atoms with Crippen molar-refractivity contribution in [1.82, 2.24) is 9.71 Å². The van der Waals surface area contributed by atoms with Gasteiger partial charge in [0.25, 0.3) is 0 Å². The van der Waals surface area contributed by atoms with Crippen LogP contribution in [-0.4, -0.2) is 63.0 Å². The van der Waals surface area contributed by atoms with E-state index in [0.29, 0.717) is 0 Å². The van der Waals surface area contributed by atoms with E-state index in [1.807, 2.05) is 0 Å². The van der Waals surface area contributed by atoms with Crippen molar-refractivity contribution in [2.45, 2.75) is 62.6 Å². The van der Waals surface area contributed by atoms with Crippen LogP contribution in [0.4, 0.5) is 13.2 Å². The molecule has 0 aliphatic carbocycles. The van der Waals surface area contributed by atoms with Crippen LogP contribution in [0.15, 0.2) is 24.3 Å². The van der Waals surface area contributed by atoms with Crippen LogP contribution in [0.2, 0.25) is 5.15 Å². The number of pyridine rings is 1. The van der Waals surface area contributed by atoms with Crippen LogP contribution < -0.4 is 18.9 Å². The molecule has 9 nitrogen and oxygen atoms in total. The number of carbonyl (C=O) groups is 1. The minimum Gasteiger partial charge on any atom is -0.497 e. The van der Waals surface area contributed by atoms with E-state index in [9.17, 15) is 27.3 Å². The molecular formula is C26H32ClF3N2O7S. The van der Waals surface area contributed by atoms with Gasteiger partial charge in [-0.15, -0.1) is 0 Å². The molecule has 1 aromatic heterocycles. The maximum Gasteiger partial charge on any atom is 0.422 e. The van der Waals surface area contributed by atoms with Gasteiger partial charge in [0.1, 0.15) is 24.7 Å². The molecule has 0 saturated heterocycles. The van der Waals surface area contributed by atoms with Gasteiger partial charge in [0.05, 0.1) is 40.7 Å². The number of ether oxygens (including phenoxy) is 3. The molecule has 40 heavy (non-hydrogen) atoms. The van der Waals surface area contributed by atoms with Gasteiger partial charge in [-0.3, -0.25) is 4.79 Å². The van der Waals surface area contributed by atoms with Gasteiger partial charge in [-0.2, -0.15) is 13.2 Å². The van der Waals surface area contributed by atoms with Gasteiger partial charge in [-0.05, 0) is 52.3 Å². The van der Waals surface area contributed by atoms with Crippen molar-refractivity contribution in [3.05, 3.63) is 46.2 Å². The van der Waals surface area contributed by atoms with Gasteiger partial charge in [0.15, 0.2) is 16.7 Å². The molecule has 3 rings (SSSR count). The first-order chi connectivity index (χ1) is 18.4. The monoisotopic (exact) mass is 608 g/mol. The standard InChI is InChI=1S/C26H32ClF3N2O7S/c1-23(2,3)40(36)32-24(4)14-39-21-18(24)13-20(31-22(21)27)25(35,26(28,29)30)7-6-19(34)15-10-16(37-5)12-17(11-15)38-9-8-33/h10-13,32-33,35H,6-9,14H2,1-5H3/t24-,25-,40?/m1/s1. The number of nitrogens with one attached hydrogen (secondary N) is 1. The predicted molar refractivity (Wildman–Crippen MR) is 142 cm³/mol. The molecule has 2 heterocycles. The Morgan fingerprint density at radius 2 is 1.88 bits per heavy atom. The van der Waals surface area contributed by atoms with Crippen LogP contribution in [0.1, 0.15) is 62.2 Å². The summed E-state index contributed by atoms with van der Waals surface area (Å²) < 4.78 is 74.2. The average molecular weight is 609 g/mol. The topological polar surface area (TPSA) is 127 Å². The Morgan fingerprint density at radius 3 is 2.45 bits per heavy atom. The Kier molecular flexibility index (Phi) is 9.47. The number of Topliss-reactive ketones (excluding diaryl/α,β-unsaturated/α-hetero) is 1. The van der Waals surface area contributed by atoms with Gasteiger partial charge < -0.3 is 24.4 Å².